The van der Waals surface area contributed by atoms with Gasteiger partial charge >= 0.3 is 0 Å². The van der Waals surface area contributed by atoms with Gasteiger partial charge in [0.15, 0.2) is 4.32 Å². The Labute approximate surface area is 211 Å². The molecule has 0 unspecified atom stereocenters. The van der Waals surface area contributed by atoms with Gasteiger partial charge in [-0.05, 0) is 56.7 Å². The number of amides is 1. The van der Waals surface area contributed by atoms with Crippen LogP contribution < -0.4 is 14.5 Å². The minimum atomic E-state index is -0.110. The van der Waals surface area contributed by atoms with E-state index in [4.69, 9.17) is 17.0 Å². The van der Waals surface area contributed by atoms with Gasteiger partial charge < -0.3 is 9.64 Å². The van der Waals surface area contributed by atoms with E-state index >= 15 is 0 Å². The van der Waals surface area contributed by atoms with Gasteiger partial charge in [-0.1, -0.05) is 72.0 Å². The second kappa shape index (κ2) is 10.9. The van der Waals surface area contributed by atoms with Gasteiger partial charge in [0.1, 0.15) is 12.4 Å². The number of rotatable bonds is 8. The molecule has 1 aliphatic rings. The average molecular weight is 489 g/mol. The van der Waals surface area contributed by atoms with Crippen molar-refractivity contribution in [3.8, 4) is 5.75 Å². The summed E-state index contributed by atoms with van der Waals surface area (Å²) in [5.74, 6) is 0.634. The number of aryl methyl sites for hydroxylation is 1. The Kier molecular flexibility index (Phi) is 7.70. The van der Waals surface area contributed by atoms with E-state index in [1.54, 1.807) is 4.90 Å². The number of nitrogens with zero attached hydrogens (tertiary/aromatic N) is 2. The lowest BCUT2D eigenvalue weighted by molar-refractivity contribution is -0.113. The van der Waals surface area contributed by atoms with E-state index in [-0.39, 0.29) is 5.91 Å². The van der Waals surface area contributed by atoms with Crippen LogP contribution in [0.2, 0.25) is 0 Å². The molecule has 3 aromatic carbocycles. The highest BCUT2D eigenvalue weighted by atomic mass is 32.2. The molecular formula is C28H28N2O2S2. The maximum atomic E-state index is 13.3. The number of thioether (sulfide) groups is 1. The van der Waals surface area contributed by atoms with Crippen molar-refractivity contribution in [2.24, 2.45) is 0 Å². The molecule has 0 spiro atoms. The number of hydrogen-bond acceptors (Lipinski definition) is 5. The molecule has 6 heteroatoms. The molecule has 1 amide bonds. The molecule has 0 bridgehead atoms. The minimum absolute atomic E-state index is 0.110. The van der Waals surface area contributed by atoms with Gasteiger partial charge in [0, 0.05) is 30.4 Å². The first kappa shape index (κ1) is 24.0. The van der Waals surface area contributed by atoms with E-state index in [1.165, 1.54) is 11.8 Å². The molecule has 0 saturated carbocycles. The van der Waals surface area contributed by atoms with Gasteiger partial charge in [0.25, 0.3) is 5.91 Å². The van der Waals surface area contributed by atoms with Crippen LogP contribution in [0.5, 0.6) is 5.75 Å². The van der Waals surface area contributed by atoms with Gasteiger partial charge in [-0.3, -0.25) is 9.69 Å². The number of benzene rings is 3. The van der Waals surface area contributed by atoms with Crippen molar-refractivity contribution in [3.63, 3.8) is 0 Å². The summed E-state index contributed by atoms with van der Waals surface area (Å²) in [7, 11) is 0. The lowest BCUT2D eigenvalue weighted by atomic mass is 10.1. The average Bonchev–Trinajstić information content (AvgIpc) is 3.13. The van der Waals surface area contributed by atoms with Crippen LogP contribution >= 0.6 is 24.0 Å². The van der Waals surface area contributed by atoms with Crippen molar-refractivity contribution in [2.45, 2.75) is 27.4 Å². The van der Waals surface area contributed by atoms with Crippen LogP contribution in [0.25, 0.3) is 6.08 Å². The SMILES string of the molecule is CCN(CC)c1ccc(/C=C2\SC(=S)N(c3ccc(C)cc3)C2=O)c(OCc2ccccc2)c1. The van der Waals surface area contributed by atoms with E-state index in [2.05, 4.69) is 30.9 Å². The Morgan fingerprint density at radius 1 is 1.00 bits per heavy atom. The van der Waals surface area contributed by atoms with Gasteiger partial charge in [-0.25, -0.2) is 0 Å². The van der Waals surface area contributed by atoms with Crippen LogP contribution in [-0.4, -0.2) is 23.3 Å². The quantitative estimate of drug-likeness (QED) is 0.256. The summed E-state index contributed by atoms with van der Waals surface area (Å²) in [6, 6.07) is 24.1. The molecule has 174 valence electrons. The van der Waals surface area contributed by atoms with Crippen LogP contribution in [0.15, 0.2) is 77.7 Å². The highest BCUT2D eigenvalue weighted by Gasteiger charge is 2.33. The fraction of sp³-hybridized carbons (Fsp3) is 0.214. The molecular weight excluding hydrogens is 460 g/mol. The molecule has 1 fully saturated rings. The molecule has 1 aliphatic heterocycles. The summed E-state index contributed by atoms with van der Waals surface area (Å²) in [5, 5.41) is 0. The smallest absolute Gasteiger partial charge is 0.270 e. The minimum Gasteiger partial charge on any atom is -0.488 e. The Morgan fingerprint density at radius 3 is 2.38 bits per heavy atom. The number of anilines is 2. The van der Waals surface area contributed by atoms with Gasteiger partial charge in [-0.2, -0.15) is 0 Å². The van der Waals surface area contributed by atoms with Crippen molar-refractivity contribution in [1.29, 1.82) is 0 Å². The van der Waals surface area contributed by atoms with Crippen LogP contribution in [0.1, 0.15) is 30.5 Å². The Hall–Kier alpha value is -3.09. The molecule has 1 heterocycles. The summed E-state index contributed by atoms with van der Waals surface area (Å²) in [6.07, 6.45) is 1.89. The highest BCUT2D eigenvalue weighted by Crippen LogP contribution is 2.38. The maximum absolute atomic E-state index is 13.3. The van der Waals surface area contributed by atoms with Crippen LogP contribution in [0, 0.1) is 6.92 Å². The zero-order chi connectivity index (χ0) is 24.1. The van der Waals surface area contributed by atoms with E-state index in [9.17, 15) is 4.79 Å². The number of carbonyl (C=O) groups is 1. The first-order valence-corrected chi connectivity index (χ1v) is 12.6. The predicted molar refractivity (Wildman–Crippen MR) is 148 cm³/mol. The highest BCUT2D eigenvalue weighted by molar-refractivity contribution is 8.27. The zero-order valence-electron chi connectivity index (χ0n) is 19.7. The summed E-state index contributed by atoms with van der Waals surface area (Å²) in [5.41, 5.74) is 4.97. The van der Waals surface area contributed by atoms with E-state index in [1.807, 2.05) is 73.7 Å². The molecule has 0 atom stereocenters. The lowest BCUT2D eigenvalue weighted by Crippen LogP contribution is -2.27. The van der Waals surface area contributed by atoms with Crippen LogP contribution in [-0.2, 0) is 11.4 Å². The van der Waals surface area contributed by atoms with Crippen molar-refractivity contribution in [2.75, 3.05) is 22.9 Å². The molecule has 0 N–H and O–H groups in total. The molecule has 0 radical (unpaired) electrons. The fourth-order valence-electron chi connectivity index (χ4n) is 3.81. The second-order valence-electron chi connectivity index (χ2n) is 8.02. The zero-order valence-corrected chi connectivity index (χ0v) is 21.3. The molecule has 34 heavy (non-hydrogen) atoms. The predicted octanol–water partition coefficient (Wildman–Crippen LogP) is 6.83. The Balaban J connectivity index is 1.66. The van der Waals surface area contributed by atoms with Crippen molar-refractivity contribution < 1.29 is 9.53 Å². The first-order valence-electron chi connectivity index (χ1n) is 11.4. The molecule has 4 rings (SSSR count). The third-order valence-electron chi connectivity index (χ3n) is 5.74. The Bertz CT molecular complexity index is 1200. The molecule has 4 nitrogen and oxygen atoms in total. The van der Waals surface area contributed by atoms with Crippen molar-refractivity contribution in [3.05, 3.63) is 94.4 Å². The number of hydrogen-bond donors (Lipinski definition) is 0. The summed E-state index contributed by atoms with van der Waals surface area (Å²) < 4.78 is 6.80. The first-order chi connectivity index (χ1) is 16.5. The molecule has 0 aliphatic carbocycles. The fourth-order valence-corrected chi connectivity index (χ4v) is 5.10. The standard InChI is InChI=1S/C28H28N2O2S2/c1-4-29(5-2)24-16-13-22(25(18-24)32-19-21-9-7-6-8-10-21)17-26-27(31)30(28(33)34-26)23-14-11-20(3)12-15-23/h6-18H,4-5,19H2,1-3H3/b26-17-. The van der Waals surface area contributed by atoms with Crippen molar-refractivity contribution in [1.82, 2.24) is 0 Å². The topological polar surface area (TPSA) is 32.8 Å². The summed E-state index contributed by atoms with van der Waals surface area (Å²) in [4.78, 5) is 17.7. The van der Waals surface area contributed by atoms with E-state index in [0.29, 0.717) is 15.8 Å². The van der Waals surface area contributed by atoms with Gasteiger partial charge in [-0.15, -0.1) is 0 Å². The number of ether oxygens (including phenoxy) is 1. The number of carbonyl (C=O) groups excluding carboxylic acids is 1. The molecule has 1 saturated heterocycles. The molecule has 3 aromatic rings. The van der Waals surface area contributed by atoms with Crippen LogP contribution in [0.3, 0.4) is 0 Å². The maximum Gasteiger partial charge on any atom is 0.270 e. The monoisotopic (exact) mass is 488 g/mol. The largest absolute Gasteiger partial charge is 0.488 e. The van der Waals surface area contributed by atoms with Crippen LogP contribution in [0.4, 0.5) is 11.4 Å². The summed E-state index contributed by atoms with van der Waals surface area (Å²) in [6.45, 7) is 8.56. The van der Waals surface area contributed by atoms with Gasteiger partial charge in [0.05, 0.1) is 10.6 Å². The second-order valence-corrected chi connectivity index (χ2v) is 9.70. The lowest BCUT2D eigenvalue weighted by Gasteiger charge is -2.22. The number of thiocarbonyl (C=S) groups is 1. The normalized spacial score (nSPS) is 14.7. The van der Waals surface area contributed by atoms with Crippen molar-refractivity contribution >= 4 is 51.7 Å². The summed E-state index contributed by atoms with van der Waals surface area (Å²) >= 11 is 6.87. The van der Waals surface area contributed by atoms with Gasteiger partial charge in [0.2, 0.25) is 0 Å². The Morgan fingerprint density at radius 2 is 1.71 bits per heavy atom. The molecule has 0 aromatic heterocycles. The van der Waals surface area contributed by atoms with E-state index in [0.717, 1.165) is 46.9 Å². The third-order valence-corrected chi connectivity index (χ3v) is 7.04. The third kappa shape index (κ3) is 5.34. The van der Waals surface area contributed by atoms with E-state index < -0.39 is 0 Å².